The largest absolute Gasteiger partial charge is 0.493 e. The number of benzene rings is 2. The monoisotopic (exact) mass is 419 g/mol. The summed E-state index contributed by atoms with van der Waals surface area (Å²) in [6.45, 7) is 1.26. The zero-order chi connectivity index (χ0) is 21.1. The van der Waals surface area contributed by atoms with Gasteiger partial charge in [0.15, 0.2) is 24.2 Å². The molecule has 3 rings (SSSR count). The van der Waals surface area contributed by atoms with Gasteiger partial charge in [-0.1, -0.05) is 11.6 Å². The number of nitrogens with one attached hydrogen (secondary N) is 2. The third-order valence-corrected chi connectivity index (χ3v) is 4.30. The molecule has 0 bridgehead atoms. The lowest BCUT2D eigenvalue weighted by molar-refractivity contribution is -0.122. The molecular weight excluding hydrogens is 402 g/mol. The van der Waals surface area contributed by atoms with Crippen molar-refractivity contribution in [1.82, 2.24) is 0 Å². The number of rotatable bonds is 6. The van der Waals surface area contributed by atoms with Crippen LogP contribution in [0.5, 0.6) is 17.2 Å². The molecular formula is C19H18ClN3O6. The molecule has 0 saturated heterocycles. The number of nitrogens with two attached hydrogens (primary N) is 1. The van der Waals surface area contributed by atoms with E-state index in [4.69, 9.17) is 31.5 Å². The van der Waals surface area contributed by atoms with E-state index in [1.54, 1.807) is 25.1 Å². The molecule has 1 aliphatic rings. The van der Waals surface area contributed by atoms with Crippen molar-refractivity contribution in [3.05, 3.63) is 40.9 Å². The lowest BCUT2D eigenvalue weighted by Gasteiger charge is -2.23. The van der Waals surface area contributed by atoms with Crippen molar-refractivity contribution in [2.45, 2.75) is 13.0 Å². The molecule has 2 aromatic carbocycles. The zero-order valence-corrected chi connectivity index (χ0v) is 16.3. The number of carbonyl (C=O) groups is 3. The minimum absolute atomic E-state index is 0.0795. The van der Waals surface area contributed by atoms with Crippen molar-refractivity contribution in [2.75, 3.05) is 24.4 Å². The molecule has 1 aliphatic heterocycles. The van der Waals surface area contributed by atoms with Crippen molar-refractivity contribution in [2.24, 2.45) is 5.73 Å². The summed E-state index contributed by atoms with van der Waals surface area (Å²) in [5.41, 5.74) is 6.16. The van der Waals surface area contributed by atoms with Gasteiger partial charge in [-0.15, -0.1) is 0 Å². The number of methoxy groups -OCH3 is 1. The molecule has 0 saturated carbocycles. The molecule has 0 fully saturated rings. The Kier molecular flexibility index (Phi) is 5.79. The smallest absolute Gasteiger partial charge is 0.265 e. The highest BCUT2D eigenvalue weighted by molar-refractivity contribution is 6.32. The van der Waals surface area contributed by atoms with E-state index in [-0.39, 0.29) is 34.6 Å². The van der Waals surface area contributed by atoms with E-state index in [0.29, 0.717) is 17.1 Å². The van der Waals surface area contributed by atoms with Crippen molar-refractivity contribution < 1.29 is 28.6 Å². The van der Waals surface area contributed by atoms with E-state index in [0.717, 1.165) is 0 Å². The van der Waals surface area contributed by atoms with Crippen LogP contribution < -0.4 is 30.6 Å². The van der Waals surface area contributed by atoms with Crippen LogP contribution >= 0.6 is 11.6 Å². The van der Waals surface area contributed by atoms with Crippen molar-refractivity contribution in [3.63, 3.8) is 0 Å². The summed E-state index contributed by atoms with van der Waals surface area (Å²) in [5, 5.41) is 5.50. The number of halogens is 1. The Morgan fingerprint density at radius 1 is 1.31 bits per heavy atom. The molecule has 152 valence electrons. The molecule has 10 heteroatoms. The summed E-state index contributed by atoms with van der Waals surface area (Å²) in [5.74, 6) is -0.637. The molecule has 3 amide bonds. The second-order valence-electron chi connectivity index (χ2n) is 6.16. The Morgan fingerprint density at radius 2 is 2.07 bits per heavy atom. The third-order valence-electron chi connectivity index (χ3n) is 4.02. The number of carbonyl (C=O) groups excluding carboxylic acids is 3. The number of ether oxygens (including phenoxy) is 3. The average Bonchev–Trinajstić information content (AvgIpc) is 2.67. The van der Waals surface area contributed by atoms with Crippen molar-refractivity contribution in [1.29, 1.82) is 0 Å². The topological polar surface area (TPSA) is 129 Å². The van der Waals surface area contributed by atoms with Crippen LogP contribution in [0.3, 0.4) is 0 Å². The molecule has 1 atom stereocenters. The van der Waals surface area contributed by atoms with Gasteiger partial charge in [0.05, 0.1) is 17.8 Å². The minimum Gasteiger partial charge on any atom is -0.493 e. The van der Waals surface area contributed by atoms with Gasteiger partial charge in [-0.2, -0.15) is 0 Å². The normalized spacial score (nSPS) is 14.9. The molecule has 2 aromatic rings. The van der Waals surface area contributed by atoms with Crippen LogP contribution in [-0.4, -0.2) is 37.5 Å². The first kappa shape index (κ1) is 20.3. The standard InChI is InChI=1S/C19H18ClN3O6/c1-9-18(25)23-13-7-11(3-4-14(13)29-9)22-19(26)10-5-12(20)17(15(6-10)27-2)28-8-16(21)24/h3-7,9H,8H2,1-2H3,(H2,21,24)(H,22,26)(H,23,25). The van der Waals surface area contributed by atoms with Crippen LogP contribution in [0, 0.1) is 0 Å². The molecule has 9 nitrogen and oxygen atoms in total. The molecule has 0 aromatic heterocycles. The summed E-state index contributed by atoms with van der Waals surface area (Å²) in [4.78, 5) is 35.3. The Labute approximate surface area is 171 Å². The number of anilines is 2. The fourth-order valence-corrected chi connectivity index (χ4v) is 2.89. The van der Waals surface area contributed by atoms with Crippen LogP contribution in [0.2, 0.25) is 5.02 Å². The Balaban J connectivity index is 1.80. The minimum atomic E-state index is -0.678. The second-order valence-corrected chi connectivity index (χ2v) is 6.57. The molecule has 0 radical (unpaired) electrons. The first-order valence-electron chi connectivity index (χ1n) is 8.50. The third kappa shape index (κ3) is 4.52. The van der Waals surface area contributed by atoms with E-state index in [9.17, 15) is 14.4 Å². The zero-order valence-electron chi connectivity index (χ0n) is 15.6. The van der Waals surface area contributed by atoms with E-state index in [1.807, 2.05) is 0 Å². The molecule has 1 heterocycles. The van der Waals surface area contributed by atoms with Gasteiger partial charge < -0.3 is 30.6 Å². The lowest BCUT2D eigenvalue weighted by atomic mass is 10.1. The maximum Gasteiger partial charge on any atom is 0.265 e. The number of hydrogen-bond acceptors (Lipinski definition) is 6. The summed E-state index contributed by atoms with van der Waals surface area (Å²) < 4.78 is 15.9. The summed E-state index contributed by atoms with van der Waals surface area (Å²) in [6, 6.07) is 7.67. The van der Waals surface area contributed by atoms with Gasteiger partial charge in [0.2, 0.25) is 0 Å². The van der Waals surface area contributed by atoms with Gasteiger partial charge in [-0.3, -0.25) is 14.4 Å². The Morgan fingerprint density at radius 3 is 2.76 bits per heavy atom. The van der Waals surface area contributed by atoms with Gasteiger partial charge in [0.1, 0.15) is 5.75 Å². The first-order valence-corrected chi connectivity index (χ1v) is 8.88. The van der Waals surface area contributed by atoms with E-state index >= 15 is 0 Å². The van der Waals surface area contributed by atoms with Gasteiger partial charge in [0, 0.05) is 11.3 Å². The average molecular weight is 420 g/mol. The predicted octanol–water partition coefficient (Wildman–Crippen LogP) is 2.18. The highest BCUT2D eigenvalue weighted by Crippen LogP contribution is 2.37. The SMILES string of the molecule is COc1cc(C(=O)Nc2ccc3c(c2)NC(=O)C(C)O3)cc(Cl)c1OCC(N)=O. The highest BCUT2D eigenvalue weighted by atomic mass is 35.5. The van der Waals surface area contributed by atoms with Crippen LogP contribution in [0.1, 0.15) is 17.3 Å². The molecule has 1 unspecified atom stereocenters. The van der Waals surface area contributed by atoms with Crippen molar-refractivity contribution in [3.8, 4) is 17.2 Å². The summed E-state index contributed by atoms with van der Waals surface area (Å²) >= 11 is 6.17. The Bertz CT molecular complexity index is 994. The van der Waals surface area contributed by atoms with Crippen LogP contribution in [-0.2, 0) is 9.59 Å². The van der Waals surface area contributed by atoms with Crippen LogP contribution in [0.15, 0.2) is 30.3 Å². The number of amides is 3. The number of primary amides is 1. The van der Waals surface area contributed by atoms with Gasteiger partial charge in [-0.05, 0) is 37.3 Å². The highest BCUT2D eigenvalue weighted by Gasteiger charge is 2.24. The second kappa shape index (κ2) is 8.27. The predicted molar refractivity (Wildman–Crippen MR) is 106 cm³/mol. The lowest BCUT2D eigenvalue weighted by Crippen LogP contribution is -2.34. The van der Waals surface area contributed by atoms with Gasteiger partial charge in [-0.25, -0.2) is 0 Å². The Hall–Kier alpha value is -3.46. The first-order chi connectivity index (χ1) is 13.8. The number of hydrogen-bond donors (Lipinski definition) is 3. The maximum atomic E-state index is 12.6. The van der Waals surface area contributed by atoms with E-state index in [1.165, 1.54) is 19.2 Å². The maximum absolute atomic E-state index is 12.6. The quantitative estimate of drug-likeness (QED) is 0.658. The van der Waals surface area contributed by atoms with Crippen LogP contribution in [0.4, 0.5) is 11.4 Å². The fraction of sp³-hybridized carbons (Fsp3) is 0.211. The molecule has 4 N–H and O–H groups in total. The van der Waals surface area contributed by atoms with Gasteiger partial charge in [0.25, 0.3) is 17.7 Å². The number of fused-ring (bicyclic) bond motifs is 1. The fourth-order valence-electron chi connectivity index (χ4n) is 2.62. The van der Waals surface area contributed by atoms with E-state index < -0.39 is 17.9 Å². The summed E-state index contributed by atoms with van der Waals surface area (Å²) in [6.07, 6.45) is -0.590. The molecule has 29 heavy (non-hydrogen) atoms. The molecule has 0 spiro atoms. The van der Waals surface area contributed by atoms with E-state index in [2.05, 4.69) is 10.6 Å². The van der Waals surface area contributed by atoms with Crippen LogP contribution in [0.25, 0.3) is 0 Å². The summed E-state index contributed by atoms with van der Waals surface area (Å²) in [7, 11) is 1.37. The van der Waals surface area contributed by atoms with Gasteiger partial charge >= 0.3 is 0 Å². The molecule has 0 aliphatic carbocycles. The van der Waals surface area contributed by atoms with Crippen molar-refractivity contribution >= 4 is 40.7 Å².